The Hall–Kier alpha value is -2.27. The lowest BCUT2D eigenvalue weighted by Crippen LogP contribution is -2.30. The van der Waals surface area contributed by atoms with Gasteiger partial charge in [0.05, 0.1) is 12.8 Å². The van der Waals surface area contributed by atoms with Crippen LogP contribution in [0.5, 0.6) is 11.5 Å². The number of halogens is 2. The number of benzene rings is 2. The van der Waals surface area contributed by atoms with Crippen LogP contribution in [0.25, 0.3) is 0 Å². The van der Waals surface area contributed by atoms with Gasteiger partial charge in [-0.25, -0.2) is 4.39 Å². The molecular formula is C16H15ClFNO3. The molecule has 0 aromatic heterocycles. The van der Waals surface area contributed by atoms with Crippen molar-refractivity contribution in [1.29, 1.82) is 0 Å². The third-order valence-corrected chi connectivity index (χ3v) is 3.13. The first-order valence-corrected chi connectivity index (χ1v) is 6.94. The number of carbonyl (C=O) groups is 1. The lowest BCUT2D eigenvalue weighted by molar-refractivity contribution is -0.122. The highest BCUT2D eigenvalue weighted by Crippen LogP contribution is 2.28. The standard InChI is InChI=1S/C16H15ClFNO3/c1-10(22-13-5-3-4-12(18)9-13)16(20)19-14-8-11(17)6-7-15(14)21-2/h3-10H,1-2H3,(H,19,20). The predicted molar refractivity (Wildman–Crippen MR) is 83.1 cm³/mol. The zero-order valence-electron chi connectivity index (χ0n) is 12.1. The first-order valence-electron chi connectivity index (χ1n) is 6.56. The molecule has 0 aliphatic heterocycles. The molecule has 0 spiro atoms. The Morgan fingerprint density at radius 3 is 2.73 bits per heavy atom. The summed E-state index contributed by atoms with van der Waals surface area (Å²) in [5, 5.41) is 3.14. The summed E-state index contributed by atoms with van der Waals surface area (Å²) in [5.41, 5.74) is 0.440. The molecule has 1 N–H and O–H groups in total. The van der Waals surface area contributed by atoms with Crippen molar-refractivity contribution in [2.24, 2.45) is 0 Å². The molecule has 0 radical (unpaired) electrons. The molecule has 1 unspecified atom stereocenters. The average molecular weight is 324 g/mol. The summed E-state index contributed by atoms with van der Waals surface area (Å²) < 4.78 is 23.7. The monoisotopic (exact) mass is 323 g/mol. The van der Waals surface area contributed by atoms with Gasteiger partial charge in [-0.15, -0.1) is 0 Å². The average Bonchev–Trinajstić information content (AvgIpc) is 2.47. The van der Waals surface area contributed by atoms with Crippen molar-refractivity contribution in [1.82, 2.24) is 0 Å². The van der Waals surface area contributed by atoms with E-state index in [2.05, 4.69) is 5.32 Å². The van der Waals surface area contributed by atoms with Crippen LogP contribution in [0.4, 0.5) is 10.1 Å². The summed E-state index contributed by atoms with van der Waals surface area (Å²) in [5.74, 6) is -0.0668. The van der Waals surface area contributed by atoms with Crippen LogP contribution in [-0.4, -0.2) is 19.1 Å². The molecule has 22 heavy (non-hydrogen) atoms. The van der Waals surface area contributed by atoms with Gasteiger partial charge in [-0.2, -0.15) is 0 Å². The Morgan fingerprint density at radius 1 is 1.27 bits per heavy atom. The molecule has 0 aliphatic rings. The number of carbonyl (C=O) groups excluding carboxylic acids is 1. The van der Waals surface area contributed by atoms with E-state index in [0.29, 0.717) is 16.5 Å². The van der Waals surface area contributed by atoms with E-state index in [1.807, 2.05) is 0 Å². The largest absolute Gasteiger partial charge is 0.495 e. The van der Waals surface area contributed by atoms with Crippen LogP contribution in [0.3, 0.4) is 0 Å². The molecular weight excluding hydrogens is 309 g/mol. The van der Waals surface area contributed by atoms with Gasteiger partial charge in [-0.05, 0) is 37.3 Å². The molecule has 2 aromatic carbocycles. The van der Waals surface area contributed by atoms with E-state index >= 15 is 0 Å². The topological polar surface area (TPSA) is 47.6 Å². The normalized spacial score (nSPS) is 11.6. The van der Waals surface area contributed by atoms with E-state index in [-0.39, 0.29) is 5.75 Å². The van der Waals surface area contributed by atoms with Crippen LogP contribution >= 0.6 is 11.6 Å². The number of anilines is 1. The number of hydrogen-bond donors (Lipinski definition) is 1. The van der Waals surface area contributed by atoms with Crippen molar-refractivity contribution in [3.63, 3.8) is 0 Å². The Morgan fingerprint density at radius 2 is 2.05 bits per heavy atom. The van der Waals surface area contributed by atoms with E-state index in [1.165, 1.54) is 25.3 Å². The van der Waals surface area contributed by atoms with Gasteiger partial charge in [0.2, 0.25) is 0 Å². The Balaban J connectivity index is 2.07. The van der Waals surface area contributed by atoms with Crippen molar-refractivity contribution < 1.29 is 18.7 Å². The number of methoxy groups -OCH3 is 1. The van der Waals surface area contributed by atoms with Gasteiger partial charge in [-0.1, -0.05) is 17.7 Å². The third-order valence-electron chi connectivity index (χ3n) is 2.90. The predicted octanol–water partition coefficient (Wildman–Crippen LogP) is 3.89. The molecule has 0 saturated heterocycles. The van der Waals surface area contributed by atoms with Crippen molar-refractivity contribution in [3.05, 3.63) is 53.3 Å². The summed E-state index contributed by atoms with van der Waals surface area (Å²) >= 11 is 5.90. The van der Waals surface area contributed by atoms with Gasteiger partial charge in [0.1, 0.15) is 17.3 Å². The molecule has 2 aromatic rings. The highest BCUT2D eigenvalue weighted by molar-refractivity contribution is 6.31. The fraction of sp³-hybridized carbons (Fsp3) is 0.188. The highest BCUT2D eigenvalue weighted by atomic mass is 35.5. The maximum absolute atomic E-state index is 13.1. The Labute approximate surface area is 132 Å². The molecule has 1 atom stereocenters. The molecule has 0 bridgehead atoms. The number of hydrogen-bond acceptors (Lipinski definition) is 3. The first kappa shape index (κ1) is 16.1. The molecule has 0 heterocycles. The Bertz CT molecular complexity index is 678. The number of amides is 1. The van der Waals surface area contributed by atoms with Crippen LogP contribution in [0, 0.1) is 5.82 Å². The summed E-state index contributed by atoms with van der Waals surface area (Å²) in [6, 6.07) is 10.5. The minimum absolute atomic E-state index is 0.278. The number of ether oxygens (including phenoxy) is 2. The maximum Gasteiger partial charge on any atom is 0.265 e. The van der Waals surface area contributed by atoms with E-state index in [1.54, 1.807) is 31.2 Å². The zero-order valence-corrected chi connectivity index (χ0v) is 12.9. The lowest BCUT2D eigenvalue weighted by Gasteiger charge is -2.16. The quantitative estimate of drug-likeness (QED) is 0.908. The smallest absolute Gasteiger partial charge is 0.265 e. The Kier molecular flexibility index (Phi) is 5.22. The van der Waals surface area contributed by atoms with Crippen LogP contribution in [0.1, 0.15) is 6.92 Å². The van der Waals surface area contributed by atoms with Crippen LogP contribution < -0.4 is 14.8 Å². The lowest BCUT2D eigenvalue weighted by atomic mass is 10.2. The maximum atomic E-state index is 13.1. The van der Waals surface area contributed by atoms with Gasteiger partial charge < -0.3 is 14.8 Å². The fourth-order valence-corrected chi connectivity index (χ4v) is 1.98. The van der Waals surface area contributed by atoms with E-state index in [9.17, 15) is 9.18 Å². The van der Waals surface area contributed by atoms with Gasteiger partial charge in [0, 0.05) is 11.1 Å². The van der Waals surface area contributed by atoms with Crippen LogP contribution in [-0.2, 0) is 4.79 Å². The van der Waals surface area contributed by atoms with Crippen LogP contribution in [0.2, 0.25) is 5.02 Å². The van der Waals surface area contributed by atoms with Crippen molar-refractivity contribution in [2.75, 3.05) is 12.4 Å². The first-order chi connectivity index (χ1) is 10.5. The minimum atomic E-state index is -0.814. The SMILES string of the molecule is COc1ccc(Cl)cc1NC(=O)C(C)Oc1cccc(F)c1. The molecule has 6 heteroatoms. The highest BCUT2D eigenvalue weighted by Gasteiger charge is 2.17. The zero-order chi connectivity index (χ0) is 16.1. The van der Waals surface area contributed by atoms with Gasteiger partial charge in [-0.3, -0.25) is 4.79 Å². The van der Waals surface area contributed by atoms with E-state index in [0.717, 1.165) is 0 Å². The summed E-state index contributed by atoms with van der Waals surface area (Å²) in [7, 11) is 1.49. The minimum Gasteiger partial charge on any atom is -0.495 e. The van der Waals surface area contributed by atoms with Crippen molar-refractivity contribution in [3.8, 4) is 11.5 Å². The molecule has 0 saturated carbocycles. The fourth-order valence-electron chi connectivity index (χ4n) is 1.81. The molecule has 1 amide bonds. The number of rotatable bonds is 5. The van der Waals surface area contributed by atoms with Gasteiger partial charge >= 0.3 is 0 Å². The number of nitrogens with one attached hydrogen (secondary N) is 1. The summed E-state index contributed by atoms with van der Waals surface area (Å²) in [4.78, 5) is 12.2. The molecule has 4 nitrogen and oxygen atoms in total. The molecule has 0 aliphatic carbocycles. The van der Waals surface area contributed by atoms with E-state index < -0.39 is 17.8 Å². The van der Waals surface area contributed by atoms with Gasteiger partial charge in [0.15, 0.2) is 6.10 Å². The summed E-state index contributed by atoms with van der Waals surface area (Å²) in [6.07, 6.45) is -0.814. The summed E-state index contributed by atoms with van der Waals surface area (Å²) in [6.45, 7) is 1.57. The van der Waals surface area contributed by atoms with Crippen LogP contribution in [0.15, 0.2) is 42.5 Å². The second-order valence-electron chi connectivity index (χ2n) is 4.55. The molecule has 0 fully saturated rings. The van der Waals surface area contributed by atoms with Crippen molar-refractivity contribution in [2.45, 2.75) is 13.0 Å². The van der Waals surface area contributed by atoms with E-state index in [4.69, 9.17) is 21.1 Å². The second-order valence-corrected chi connectivity index (χ2v) is 4.99. The van der Waals surface area contributed by atoms with Gasteiger partial charge in [0.25, 0.3) is 5.91 Å². The van der Waals surface area contributed by atoms with Crippen molar-refractivity contribution >= 4 is 23.2 Å². The molecule has 116 valence electrons. The third kappa shape index (κ3) is 4.11. The second kappa shape index (κ2) is 7.13. The molecule has 2 rings (SSSR count).